The Labute approximate surface area is 148 Å². The van der Waals surface area contributed by atoms with Gasteiger partial charge in [0, 0.05) is 19.6 Å². The van der Waals surface area contributed by atoms with E-state index < -0.39 is 10.0 Å². The molecule has 0 amide bonds. The zero-order valence-corrected chi connectivity index (χ0v) is 15.8. The summed E-state index contributed by atoms with van der Waals surface area (Å²) in [6.45, 7) is 1.87. The summed E-state index contributed by atoms with van der Waals surface area (Å²) in [5, 5.41) is 11.7. The quantitative estimate of drug-likeness (QED) is 0.810. The number of nitrogens with one attached hydrogen (secondary N) is 1. The number of sulfonamides is 1. The second kappa shape index (κ2) is 6.84. The fraction of sp³-hybridized carbons (Fsp3) is 0.429. The predicted molar refractivity (Wildman–Crippen MR) is 96.1 cm³/mol. The normalized spacial score (nSPS) is 19.1. The Morgan fingerprint density at radius 2 is 2.17 bits per heavy atom. The van der Waals surface area contributed by atoms with Crippen LogP contribution in [0.5, 0.6) is 0 Å². The molecule has 1 aliphatic rings. The van der Waals surface area contributed by atoms with E-state index in [1.807, 2.05) is 24.3 Å². The van der Waals surface area contributed by atoms with Crippen molar-refractivity contribution in [3.8, 4) is 10.6 Å². The minimum Gasteiger partial charge on any atom is -0.368 e. The highest BCUT2D eigenvalue weighted by Crippen LogP contribution is 2.29. The van der Waals surface area contributed by atoms with Gasteiger partial charge in [-0.2, -0.15) is 0 Å². The van der Waals surface area contributed by atoms with Gasteiger partial charge in [-0.1, -0.05) is 0 Å². The summed E-state index contributed by atoms with van der Waals surface area (Å²) in [5.41, 5.74) is 0.843. The summed E-state index contributed by atoms with van der Waals surface area (Å²) < 4.78 is 25.6. The number of halogens is 1. The molecule has 124 valence electrons. The van der Waals surface area contributed by atoms with Crippen LogP contribution in [-0.4, -0.2) is 48.8 Å². The van der Waals surface area contributed by atoms with Gasteiger partial charge in [0.25, 0.3) is 0 Å². The molecule has 1 unspecified atom stereocenters. The van der Waals surface area contributed by atoms with Crippen molar-refractivity contribution in [1.82, 2.24) is 14.5 Å². The molecule has 2 aromatic rings. The topological polar surface area (TPSA) is 75.2 Å². The van der Waals surface area contributed by atoms with Gasteiger partial charge in [-0.25, -0.2) is 12.7 Å². The third-order valence-electron chi connectivity index (χ3n) is 3.78. The molecule has 1 atom stereocenters. The van der Waals surface area contributed by atoms with Gasteiger partial charge in [-0.05, 0) is 52.5 Å². The molecule has 9 heteroatoms. The van der Waals surface area contributed by atoms with Crippen LogP contribution >= 0.6 is 27.3 Å². The monoisotopic (exact) mass is 416 g/mol. The summed E-state index contributed by atoms with van der Waals surface area (Å²) in [5.74, 6) is 1.02. The number of nitrogens with zero attached hydrogens (tertiary/aromatic N) is 3. The van der Waals surface area contributed by atoms with Gasteiger partial charge in [-0.15, -0.1) is 21.5 Å². The second-order valence-corrected chi connectivity index (χ2v) is 10.0. The summed E-state index contributed by atoms with van der Waals surface area (Å²) in [6.07, 6.45) is 2.13. The van der Waals surface area contributed by atoms with Crippen molar-refractivity contribution in [1.29, 1.82) is 0 Å². The molecular formula is C14H17BrN4O2S2. The molecule has 0 aliphatic carbocycles. The Kier molecular flexibility index (Phi) is 5.00. The highest BCUT2D eigenvalue weighted by atomic mass is 79.9. The van der Waals surface area contributed by atoms with E-state index in [1.165, 1.54) is 10.6 Å². The Balaban J connectivity index is 1.55. The lowest BCUT2D eigenvalue weighted by Gasteiger charge is -2.14. The maximum atomic E-state index is 11.5. The number of anilines is 1. The highest BCUT2D eigenvalue weighted by molar-refractivity contribution is 9.11. The van der Waals surface area contributed by atoms with Gasteiger partial charge in [0.15, 0.2) is 0 Å². The molecule has 0 saturated carbocycles. The van der Waals surface area contributed by atoms with Crippen LogP contribution in [-0.2, 0) is 10.0 Å². The molecule has 3 heterocycles. The van der Waals surface area contributed by atoms with Crippen molar-refractivity contribution >= 4 is 43.1 Å². The predicted octanol–water partition coefficient (Wildman–Crippen LogP) is 2.66. The van der Waals surface area contributed by atoms with Crippen LogP contribution < -0.4 is 5.32 Å². The van der Waals surface area contributed by atoms with Crippen molar-refractivity contribution in [2.24, 2.45) is 5.92 Å². The fourth-order valence-corrected chi connectivity index (χ4v) is 4.79. The van der Waals surface area contributed by atoms with Crippen LogP contribution in [0.3, 0.4) is 0 Å². The zero-order valence-electron chi connectivity index (χ0n) is 12.6. The van der Waals surface area contributed by atoms with E-state index in [9.17, 15) is 8.42 Å². The fourth-order valence-electron chi connectivity index (χ4n) is 2.52. The summed E-state index contributed by atoms with van der Waals surface area (Å²) >= 11 is 5.05. The van der Waals surface area contributed by atoms with Crippen molar-refractivity contribution < 1.29 is 8.42 Å². The van der Waals surface area contributed by atoms with Crippen molar-refractivity contribution in [3.05, 3.63) is 28.1 Å². The molecule has 1 aliphatic heterocycles. The van der Waals surface area contributed by atoms with E-state index >= 15 is 0 Å². The van der Waals surface area contributed by atoms with Gasteiger partial charge >= 0.3 is 0 Å². The number of aromatic nitrogens is 2. The van der Waals surface area contributed by atoms with Crippen molar-refractivity contribution in [3.63, 3.8) is 0 Å². The van der Waals surface area contributed by atoms with Crippen LogP contribution in [0.15, 0.2) is 28.1 Å². The van der Waals surface area contributed by atoms with Crippen LogP contribution in [0.2, 0.25) is 0 Å². The number of rotatable bonds is 5. The van der Waals surface area contributed by atoms with Gasteiger partial charge in [-0.3, -0.25) is 0 Å². The van der Waals surface area contributed by atoms with Crippen molar-refractivity contribution in [2.45, 2.75) is 6.42 Å². The molecular weight excluding hydrogens is 400 g/mol. The van der Waals surface area contributed by atoms with E-state index in [4.69, 9.17) is 0 Å². The summed E-state index contributed by atoms with van der Waals surface area (Å²) in [4.78, 5) is 1.07. The molecule has 1 saturated heterocycles. The number of hydrogen-bond donors (Lipinski definition) is 1. The lowest BCUT2D eigenvalue weighted by molar-refractivity contribution is 0.466. The Morgan fingerprint density at radius 1 is 1.35 bits per heavy atom. The molecule has 2 aromatic heterocycles. The molecule has 0 aromatic carbocycles. The van der Waals surface area contributed by atoms with Crippen molar-refractivity contribution in [2.75, 3.05) is 31.2 Å². The van der Waals surface area contributed by atoms with Crippen LogP contribution in [0.4, 0.5) is 5.82 Å². The maximum Gasteiger partial charge on any atom is 0.211 e. The third-order valence-corrected chi connectivity index (χ3v) is 6.70. The van der Waals surface area contributed by atoms with Crippen LogP contribution in [0.25, 0.3) is 10.6 Å². The third kappa shape index (κ3) is 4.28. The van der Waals surface area contributed by atoms with Crippen LogP contribution in [0, 0.1) is 5.92 Å². The molecule has 0 bridgehead atoms. The molecule has 0 spiro atoms. The van der Waals surface area contributed by atoms with E-state index in [-0.39, 0.29) is 0 Å². The minimum atomic E-state index is -3.08. The highest BCUT2D eigenvalue weighted by Gasteiger charge is 2.28. The number of hydrogen-bond acceptors (Lipinski definition) is 6. The van der Waals surface area contributed by atoms with E-state index in [2.05, 4.69) is 31.4 Å². The molecule has 1 fully saturated rings. The van der Waals surface area contributed by atoms with Gasteiger partial charge < -0.3 is 5.32 Å². The first-order valence-electron chi connectivity index (χ1n) is 7.20. The van der Waals surface area contributed by atoms with E-state index in [0.29, 0.717) is 31.4 Å². The minimum absolute atomic E-state index is 0.305. The van der Waals surface area contributed by atoms with E-state index in [0.717, 1.165) is 20.8 Å². The van der Waals surface area contributed by atoms with Crippen LogP contribution in [0.1, 0.15) is 6.42 Å². The first kappa shape index (κ1) is 16.8. The summed E-state index contributed by atoms with van der Waals surface area (Å²) in [7, 11) is -3.08. The average Bonchev–Trinajstić information content (AvgIpc) is 3.14. The Bertz CT molecular complexity index is 776. The lowest BCUT2D eigenvalue weighted by Crippen LogP contribution is -2.28. The first-order chi connectivity index (χ1) is 10.9. The average molecular weight is 417 g/mol. The summed E-state index contributed by atoms with van der Waals surface area (Å²) in [6, 6.07) is 7.83. The molecule has 6 nitrogen and oxygen atoms in total. The van der Waals surface area contributed by atoms with Gasteiger partial charge in [0.2, 0.25) is 10.0 Å². The Hall–Kier alpha value is -1.03. The lowest BCUT2D eigenvalue weighted by atomic mass is 10.1. The first-order valence-corrected chi connectivity index (χ1v) is 10.7. The Morgan fingerprint density at radius 3 is 2.74 bits per heavy atom. The second-order valence-electron chi connectivity index (χ2n) is 5.56. The smallest absolute Gasteiger partial charge is 0.211 e. The largest absolute Gasteiger partial charge is 0.368 e. The van der Waals surface area contributed by atoms with Gasteiger partial charge in [0.05, 0.1) is 14.9 Å². The number of thiophene rings is 1. The molecule has 3 rings (SSSR count). The zero-order chi connectivity index (χ0) is 16.4. The van der Waals surface area contributed by atoms with Gasteiger partial charge in [0.1, 0.15) is 11.5 Å². The standard InChI is InChI=1S/C14H17BrN4O2S2/c1-23(20,21)19-7-6-10(9-19)8-16-14-5-2-11(17-18-14)12-3-4-13(15)22-12/h2-5,10H,6-9H2,1H3,(H,16,18). The van der Waals surface area contributed by atoms with E-state index in [1.54, 1.807) is 11.3 Å². The molecule has 0 radical (unpaired) electrons. The maximum absolute atomic E-state index is 11.5. The molecule has 1 N–H and O–H groups in total. The molecule has 23 heavy (non-hydrogen) atoms. The SMILES string of the molecule is CS(=O)(=O)N1CCC(CNc2ccc(-c3ccc(Br)s3)nn2)C1.